The lowest BCUT2D eigenvalue weighted by molar-refractivity contribution is 0.616. The minimum atomic E-state index is 0.598. The molecule has 16 heavy (non-hydrogen) atoms. The summed E-state index contributed by atoms with van der Waals surface area (Å²) in [5, 5.41) is 3.32. The van der Waals surface area contributed by atoms with Gasteiger partial charge in [-0.25, -0.2) is 9.97 Å². The molecule has 0 saturated carbocycles. The second kappa shape index (κ2) is 4.78. The first-order chi connectivity index (χ1) is 7.72. The van der Waals surface area contributed by atoms with Crippen LogP contribution in [0.15, 0.2) is 6.07 Å². The van der Waals surface area contributed by atoms with Gasteiger partial charge in [0.25, 0.3) is 0 Å². The van der Waals surface area contributed by atoms with Gasteiger partial charge in [0.2, 0.25) is 0 Å². The Hall–Kier alpha value is -1.16. The van der Waals surface area contributed by atoms with Crippen molar-refractivity contribution >= 4 is 5.82 Å². The summed E-state index contributed by atoms with van der Waals surface area (Å²) in [5.74, 6) is 2.03. The summed E-state index contributed by atoms with van der Waals surface area (Å²) in [5.41, 5.74) is 1.06. The van der Waals surface area contributed by atoms with Gasteiger partial charge in [0.1, 0.15) is 11.6 Å². The van der Waals surface area contributed by atoms with E-state index in [9.17, 15) is 0 Å². The maximum absolute atomic E-state index is 4.59. The van der Waals surface area contributed by atoms with Gasteiger partial charge in [-0.1, -0.05) is 6.92 Å². The second-order valence-electron chi connectivity index (χ2n) is 4.36. The molecule has 1 N–H and O–H groups in total. The average Bonchev–Trinajstić information content (AvgIpc) is 2.76. The van der Waals surface area contributed by atoms with Crippen LogP contribution in [0.2, 0.25) is 0 Å². The van der Waals surface area contributed by atoms with Crippen LogP contribution >= 0.6 is 0 Å². The number of hydrogen-bond acceptors (Lipinski definition) is 4. The molecular formula is C12H20N4. The van der Waals surface area contributed by atoms with E-state index in [4.69, 9.17) is 0 Å². The molecule has 1 aromatic rings. The van der Waals surface area contributed by atoms with E-state index in [0.717, 1.165) is 36.8 Å². The third-order valence-corrected chi connectivity index (χ3v) is 3.12. The highest BCUT2D eigenvalue weighted by Crippen LogP contribution is 2.18. The SMILES string of the molecule is CCc1nc(C)cc(N2CCC(NC)C2)n1. The summed E-state index contributed by atoms with van der Waals surface area (Å²) < 4.78 is 0. The fraction of sp³-hybridized carbons (Fsp3) is 0.667. The molecule has 0 aromatic carbocycles. The van der Waals surface area contributed by atoms with Gasteiger partial charge >= 0.3 is 0 Å². The molecule has 1 fully saturated rings. The van der Waals surface area contributed by atoms with Gasteiger partial charge in [0.05, 0.1) is 0 Å². The fourth-order valence-electron chi connectivity index (χ4n) is 2.14. The number of nitrogens with zero attached hydrogens (tertiary/aromatic N) is 3. The van der Waals surface area contributed by atoms with Gasteiger partial charge in [0.15, 0.2) is 0 Å². The highest BCUT2D eigenvalue weighted by atomic mass is 15.2. The number of anilines is 1. The van der Waals surface area contributed by atoms with E-state index in [1.165, 1.54) is 6.42 Å². The topological polar surface area (TPSA) is 41.1 Å². The molecule has 1 atom stereocenters. The first-order valence-electron chi connectivity index (χ1n) is 5.99. The maximum Gasteiger partial charge on any atom is 0.132 e. The minimum absolute atomic E-state index is 0.598. The Kier molecular flexibility index (Phi) is 3.39. The van der Waals surface area contributed by atoms with E-state index in [1.54, 1.807) is 0 Å². The van der Waals surface area contributed by atoms with Gasteiger partial charge in [0, 0.05) is 37.3 Å². The number of rotatable bonds is 3. The van der Waals surface area contributed by atoms with Crippen molar-refractivity contribution in [3.8, 4) is 0 Å². The van der Waals surface area contributed by atoms with Crippen molar-refractivity contribution in [2.24, 2.45) is 0 Å². The molecule has 0 spiro atoms. The Labute approximate surface area is 97.1 Å². The summed E-state index contributed by atoms with van der Waals surface area (Å²) in [6, 6.07) is 2.68. The molecule has 0 amide bonds. The Morgan fingerprint density at radius 1 is 1.50 bits per heavy atom. The lowest BCUT2D eigenvalue weighted by Gasteiger charge is -2.18. The molecule has 0 aliphatic carbocycles. The third kappa shape index (κ3) is 2.32. The molecule has 2 rings (SSSR count). The van der Waals surface area contributed by atoms with Gasteiger partial charge in [-0.15, -0.1) is 0 Å². The monoisotopic (exact) mass is 220 g/mol. The van der Waals surface area contributed by atoms with Crippen LogP contribution in [-0.4, -0.2) is 36.1 Å². The lowest BCUT2D eigenvalue weighted by Crippen LogP contribution is -2.30. The summed E-state index contributed by atoms with van der Waals surface area (Å²) >= 11 is 0. The largest absolute Gasteiger partial charge is 0.355 e. The van der Waals surface area contributed by atoms with E-state index < -0.39 is 0 Å². The van der Waals surface area contributed by atoms with Crippen LogP contribution in [0.4, 0.5) is 5.82 Å². The zero-order chi connectivity index (χ0) is 11.5. The fourth-order valence-corrected chi connectivity index (χ4v) is 2.14. The van der Waals surface area contributed by atoms with Crippen LogP contribution in [0.5, 0.6) is 0 Å². The van der Waals surface area contributed by atoms with E-state index in [2.05, 4.69) is 33.2 Å². The van der Waals surface area contributed by atoms with Crippen molar-refractivity contribution in [2.75, 3.05) is 25.0 Å². The molecule has 0 bridgehead atoms. The molecule has 4 nitrogen and oxygen atoms in total. The van der Waals surface area contributed by atoms with E-state index >= 15 is 0 Å². The van der Waals surface area contributed by atoms with Crippen LogP contribution in [0, 0.1) is 6.92 Å². The molecule has 0 radical (unpaired) electrons. The van der Waals surface area contributed by atoms with Gasteiger partial charge in [-0.3, -0.25) is 0 Å². The van der Waals surface area contributed by atoms with Crippen LogP contribution in [0.3, 0.4) is 0 Å². The molecule has 1 saturated heterocycles. The Morgan fingerprint density at radius 3 is 2.94 bits per heavy atom. The van der Waals surface area contributed by atoms with E-state index in [0.29, 0.717) is 6.04 Å². The van der Waals surface area contributed by atoms with Crippen molar-refractivity contribution in [3.05, 3.63) is 17.6 Å². The zero-order valence-corrected chi connectivity index (χ0v) is 10.3. The minimum Gasteiger partial charge on any atom is -0.355 e. The van der Waals surface area contributed by atoms with E-state index in [-0.39, 0.29) is 0 Å². The van der Waals surface area contributed by atoms with E-state index in [1.807, 2.05) is 14.0 Å². The molecular weight excluding hydrogens is 200 g/mol. The summed E-state index contributed by atoms with van der Waals surface area (Å²) in [7, 11) is 2.02. The van der Waals surface area contributed by atoms with Crippen molar-refractivity contribution < 1.29 is 0 Å². The first-order valence-corrected chi connectivity index (χ1v) is 5.99. The number of hydrogen-bond donors (Lipinski definition) is 1. The molecule has 1 aliphatic heterocycles. The standard InChI is InChI=1S/C12H20N4/c1-4-11-14-9(2)7-12(15-11)16-6-5-10(8-16)13-3/h7,10,13H,4-6,8H2,1-3H3. The number of aryl methyl sites for hydroxylation is 2. The zero-order valence-electron chi connectivity index (χ0n) is 10.3. The van der Waals surface area contributed by atoms with Gasteiger partial charge in [-0.2, -0.15) is 0 Å². The Balaban J connectivity index is 2.17. The normalized spacial score (nSPS) is 20.4. The Bertz CT molecular complexity index is 364. The average molecular weight is 220 g/mol. The van der Waals surface area contributed by atoms with Crippen LogP contribution in [-0.2, 0) is 6.42 Å². The molecule has 2 heterocycles. The van der Waals surface area contributed by atoms with Crippen LogP contribution < -0.4 is 10.2 Å². The maximum atomic E-state index is 4.59. The highest BCUT2D eigenvalue weighted by Gasteiger charge is 2.22. The highest BCUT2D eigenvalue weighted by molar-refractivity contribution is 5.41. The number of likely N-dealkylation sites (N-methyl/N-ethyl adjacent to an activating group) is 1. The molecule has 1 aliphatic rings. The smallest absolute Gasteiger partial charge is 0.132 e. The molecule has 88 valence electrons. The quantitative estimate of drug-likeness (QED) is 0.829. The summed E-state index contributed by atoms with van der Waals surface area (Å²) in [6.45, 7) is 6.27. The summed E-state index contributed by atoms with van der Waals surface area (Å²) in [6.07, 6.45) is 2.10. The van der Waals surface area contributed by atoms with Crippen molar-refractivity contribution in [1.82, 2.24) is 15.3 Å². The van der Waals surface area contributed by atoms with Crippen LogP contribution in [0.25, 0.3) is 0 Å². The second-order valence-corrected chi connectivity index (χ2v) is 4.36. The lowest BCUT2D eigenvalue weighted by atomic mass is 10.3. The molecule has 1 aromatic heterocycles. The molecule has 4 heteroatoms. The predicted octanol–water partition coefficient (Wildman–Crippen LogP) is 1.15. The van der Waals surface area contributed by atoms with Gasteiger partial charge in [-0.05, 0) is 20.4 Å². The number of nitrogens with one attached hydrogen (secondary N) is 1. The predicted molar refractivity (Wildman–Crippen MR) is 65.8 cm³/mol. The summed E-state index contributed by atoms with van der Waals surface area (Å²) in [4.78, 5) is 11.3. The van der Waals surface area contributed by atoms with Crippen LogP contribution in [0.1, 0.15) is 24.9 Å². The van der Waals surface area contributed by atoms with Gasteiger partial charge < -0.3 is 10.2 Å². The number of aromatic nitrogens is 2. The van der Waals surface area contributed by atoms with Crippen molar-refractivity contribution in [2.45, 2.75) is 32.7 Å². The molecule has 1 unspecified atom stereocenters. The van der Waals surface area contributed by atoms with Crippen molar-refractivity contribution in [1.29, 1.82) is 0 Å². The first kappa shape index (κ1) is 11.3. The third-order valence-electron chi connectivity index (χ3n) is 3.12. The Morgan fingerprint density at radius 2 is 2.31 bits per heavy atom. The van der Waals surface area contributed by atoms with Crippen molar-refractivity contribution in [3.63, 3.8) is 0 Å².